The fourth-order valence-electron chi connectivity index (χ4n) is 4.18. The monoisotopic (exact) mass is 589 g/mol. The molecule has 1 saturated heterocycles. The number of carbonyl (C=O) groups is 4. The van der Waals surface area contributed by atoms with Crippen LogP contribution in [0.15, 0.2) is 48.5 Å². The molecule has 0 amide bonds. The largest absolute Gasteiger partial charge is 0.461 e. The Balaban J connectivity index is 1.61. The van der Waals surface area contributed by atoms with Gasteiger partial charge in [0.15, 0.2) is 6.23 Å². The summed E-state index contributed by atoms with van der Waals surface area (Å²) in [7, 11) is 0. The second-order valence-electron chi connectivity index (χ2n) is 9.56. The molecular formula is C31H31N3O9. The first-order chi connectivity index (χ1) is 20.7. The van der Waals surface area contributed by atoms with Crippen LogP contribution in [0.2, 0.25) is 0 Å². The molecule has 0 spiro atoms. The molecule has 43 heavy (non-hydrogen) atoms. The summed E-state index contributed by atoms with van der Waals surface area (Å²) in [4.78, 5) is 50.2. The van der Waals surface area contributed by atoms with Crippen molar-refractivity contribution in [2.24, 2.45) is 0 Å². The molecule has 0 N–H and O–H groups in total. The van der Waals surface area contributed by atoms with E-state index in [9.17, 15) is 19.2 Å². The Morgan fingerprint density at radius 2 is 1.47 bits per heavy atom. The molecule has 3 atom stereocenters. The molecule has 224 valence electrons. The highest BCUT2D eigenvalue weighted by Gasteiger charge is 2.42. The van der Waals surface area contributed by atoms with Crippen molar-refractivity contribution < 1.29 is 42.9 Å². The van der Waals surface area contributed by atoms with Crippen LogP contribution in [-0.4, -0.2) is 70.9 Å². The maximum absolute atomic E-state index is 13.0. The van der Waals surface area contributed by atoms with Crippen LogP contribution in [0.25, 0.3) is 0 Å². The minimum absolute atomic E-state index is 0.0457. The van der Waals surface area contributed by atoms with Gasteiger partial charge in [-0.15, -0.1) is 5.10 Å². The Bertz CT molecular complexity index is 1540. The van der Waals surface area contributed by atoms with Gasteiger partial charge in [0.1, 0.15) is 24.5 Å². The number of nitrogens with zero attached hydrogens (tertiary/aromatic N) is 3. The minimum atomic E-state index is -0.957. The lowest BCUT2D eigenvalue weighted by Gasteiger charge is -2.19. The second-order valence-corrected chi connectivity index (χ2v) is 9.56. The van der Waals surface area contributed by atoms with Crippen LogP contribution in [0.1, 0.15) is 74.5 Å². The van der Waals surface area contributed by atoms with Gasteiger partial charge in [0.05, 0.1) is 24.3 Å². The minimum Gasteiger partial charge on any atom is -0.461 e. The van der Waals surface area contributed by atoms with Crippen molar-refractivity contribution in [2.75, 3.05) is 19.8 Å². The molecule has 3 aromatic rings. The molecule has 2 aromatic carbocycles. The van der Waals surface area contributed by atoms with Crippen molar-refractivity contribution in [3.05, 3.63) is 82.2 Å². The van der Waals surface area contributed by atoms with E-state index in [1.165, 1.54) is 4.68 Å². The lowest BCUT2D eigenvalue weighted by Crippen LogP contribution is -2.32. The predicted octanol–water partition coefficient (Wildman–Crippen LogP) is 3.36. The molecule has 0 bridgehead atoms. The van der Waals surface area contributed by atoms with Crippen molar-refractivity contribution in [1.82, 2.24) is 15.0 Å². The number of aromatic nitrogens is 3. The van der Waals surface area contributed by atoms with Crippen molar-refractivity contribution >= 4 is 23.9 Å². The Hall–Kier alpha value is -5.02. The average molecular weight is 590 g/mol. The quantitative estimate of drug-likeness (QED) is 0.206. The summed E-state index contributed by atoms with van der Waals surface area (Å²) in [6.45, 7) is 6.98. The third kappa shape index (κ3) is 7.84. The Labute approximate surface area is 248 Å². The third-order valence-electron chi connectivity index (χ3n) is 6.39. The Morgan fingerprint density at radius 3 is 2.07 bits per heavy atom. The average Bonchev–Trinajstić information content (AvgIpc) is 3.59. The third-order valence-corrected chi connectivity index (χ3v) is 6.39. The van der Waals surface area contributed by atoms with E-state index in [1.54, 1.807) is 62.4 Å². The van der Waals surface area contributed by atoms with Crippen molar-refractivity contribution in [2.45, 2.75) is 52.6 Å². The first-order valence-corrected chi connectivity index (χ1v) is 13.7. The van der Waals surface area contributed by atoms with Crippen LogP contribution in [-0.2, 0) is 28.5 Å². The highest BCUT2D eigenvalue weighted by Crippen LogP contribution is 2.33. The topological polar surface area (TPSA) is 145 Å². The maximum Gasteiger partial charge on any atom is 0.384 e. The normalized spacial score (nSPS) is 17.3. The molecule has 1 fully saturated rings. The van der Waals surface area contributed by atoms with E-state index < -0.39 is 42.3 Å². The van der Waals surface area contributed by atoms with Gasteiger partial charge in [0, 0.05) is 12.3 Å². The van der Waals surface area contributed by atoms with E-state index in [0.29, 0.717) is 11.1 Å². The summed E-state index contributed by atoms with van der Waals surface area (Å²) < 4.78 is 28.6. The van der Waals surface area contributed by atoms with E-state index >= 15 is 0 Å². The molecule has 1 aromatic heterocycles. The fraction of sp³-hybridized carbons (Fsp3) is 0.355. The standard InChI is InChI=1S/C31H31N3O9/c1-5-39-27(35)16-15-23-28(31(38)40-6-2)32-33-34(23)26-17-24(43-30(37)22-13-9-20(4)10-14-22)25(42-26)18-41-29(36)21-11-7-19(3)8-12-21/h7-14,24-26H,5-6,17-18H2,1-4H3. The molecule has 0 saturated carbocycles. The molecule has 4 rings (SSSR count). The van der Waals surface area contributed by atoms with Crippen LogP contribution in [0.5, 0.6) is 0 Å². The zero-order valence-corrected chi connectivity index (χ0v) is 24.2. The number of aryl methyl sites for hydroxylation is 2. The molecular weight excluding hydrogens is 558 g/mol. The van der Waals surface area contributed by atoms with Crippen LogP contribution in [0.3, 0.4) is 0 Å². The summed E-state index contributed by atoms with van der Waals surface area (Å²) >= 11 is 0. The van der Waals surface area contributed by atoms with Gasteiger partial charge in [-0.05, 0) is 57.9 Å². The van der Waals surface area contributed by atoms with E-state index in [4.69, 9.17) is 23.7 Å². The van der Waals surface area contributed by atoms with Gasteiger partial charge < -0.3 is 23.7 Å². The predicted molar refractivity (Wildman–Crippen MR) is 150 cm³/mol. The van der Waals surface area contributed by atoms with Gasteiger partial charge >= 0.3 is 23.9 Å². The van der Waals surface area contributed by atoms with Crippen LogP contribution < -0.4 is 0 Å². The van der Waals surface area contributed by atoms with Gasteiger partial charge in [-0.2, -0.15) is 0 Å². The van der Waals surface area contributed by atoms with Gasteiger partial charge in [0.2, 0.25) is 5.69 Å². The summed E-state index contributed by atoms with van der Waals surface area (Å²) in [5.74, 6) is 2.08. The summed E-state index contributed by atoms with van der Waals surface area (Å²) in [6, 6.07) is 13.7. The number of ether oxygens (including phenoxy) is 5. The lowest BCUT2D eigenvalue weighted by molar-refractivity contribution is -0.136. The second kappa shape index (κ2) is 14.2. The summed E-state index contributed by atoms with van der Waals surface area (Å²) in [5.41, 5.74) is 2.35. The first kappa shape index (κ1) is 30.9. The summed E-state index contributed by atoms with van der Waals surface area (Å²) in [6.07, 6.45) is -2.70. The van der Waals surface area contributed by atoms with Gasteiger partial charge in [0.25, 0.3) is 0 Å². The smallest absolute Gasteiger partial charge is 0.384 e. The molecule has 1 aliphatic rings. The number of rotatable bonds is 9. The number of hydrogen-bond donors (Lipinski definition) is 0. The van der Waals surface area contributed by atoms with E-state index in [2.05, 4.69) is 22.2 Å². The summed E-state index contributed by atoms with van der Waals surface area (Å²) in [5, 5.41) is 7.93. The lowest BCUT2D eigenvalue weighted by atomic mass is 10.1. The molecule has 0 aliphatic carbocycles. The zero-order valence-electron chi connectivity index (χ0n) is 24.2. The molecule has 0 radical (unpaired) electrons. The van der Waals surface area contributed by atoms with E-state index in [1.807, 2.05) is 13.8 Å². The zero-order chi connectivity index (χ0) is 30.9. The molecule has 2 heterocycles. The number of esters is 4. The van der Waals surface area contributed by atoms with E-state index in [0.717, 1.165) is 11.1 Å². The van der Waals surface area contributed by atoms with Crippen LogP contribution in [0.4, 0.5) is 0 Å². The molecule has 3 unspecified atom stereocenters. The maximum atomic E-state index is 13.0. The number of carbonyl (C=O) groups excluding carboxylic acids is 4. The van der Waals surface area contributed by atoms with Crippen molar-refractivity contribution in [3.8, 4) is 11.8 Å². The number of hydrogen-bond acceptors (Lipinski definition) is 11. The van der Waals surface area contributed by atoms with Gasteiger partial charge in [-0.1, -0.05) is 40.6 Å². The van der Waals surface area contributed by atoms with Gasteiger partial charge in [-0.3, -0.25) is 0 Å². The Kier molecular flexibility index (Phi) is 10.2. The fourth-order valence-corrected chi connectivity index (χ4v) is 4.18. The van der Waals surface area contributed by atoms with Crippen LogP contribution >= 0.6 is 0 Å². The molecule has 1 aliphatic heterocycles. The highest BCUT2D eigenvalue weighted by atomic mass is 16.6. The molecule has 12 heteroatoms. The molecule has 12 nitrogen and oxygen atoms in total. The van der Waals surface area contributed by atoms with Crippen LogP contribution in [0, 0.1) is 25.7 Å². The van der Waals surface area contributed by atoms with E-state index in [-0.39, 0.29) is 37.6 Å². The van der Waals surface area contributed by atoms with Crippen molar-refractivity contribution in [1.29, 1.82) is 0 Å². The van der Waals surface area contributed by atoms with Gasteiger partial charge in [-0.25, -0.2) is 23.9 Å². The van der Waals surface area contributed by atoms with Crippen molar-refractivity contribution in [3.63, 3.8) is 0 Å². The number of benzene rings is 2. The highest BCUT2D eigenvalue weighted by molar-refractivity contribution is 5.92. The SMILES string of the molecule is CCOC(=O)C#Cc1c(C(=O)OCC)nnn1C1CC(OC(=O)c2ccc(C)cc2)C(COC(=O)c2ccc(C)cc2)O1. The first-order valence-electron chi connectivity index (χ1n) is 13.7. The Morgan fingerprint density at radius 1 is 0.860 bits per heavy atom.